The number of methoxy groups -OCH3 is 1. The standard InChI is InChI=1S/C19H17ClN2O4S/c1-4-26-12-7-5-6-11(8-12)9-13(20)16-21-17(23)14-10(2)15(19(24)25-3)27-18(14)22-16/h5-9H,4H2,1-3H3,(H,21,22,23)/b13-9-. The van der Waals surface area contributed by atoms with Gasteiger partial charge in [0.15, 0.2) is 5.82 Å². The van der Waals surface area contributed by atoms with E-state index in [-0.39, 0.29) is 16.4 Å². The molecular weight excluding hydrogens is 388 g/mol. The third kappa shape index (κ3) is 3.89. The number of rotatable bonds is 5. The molecule has 0 amide bonds. The molecule has 1 aromatic carbocycles. The normalized spacial score (nSPS) is 11.6. The summed E-state index contributed by atoms with van der Waals surface area (Å²) in [7, 11) is 1.30. The van der Waals surface area contributed by atoms with Crippen LogP contribution in [-0.4, -0.2) is 29.7 Å². The van der Waals surface area contributed by atoms with Gasteiger partial charge in [-0.1, -0.05) is 23.7 Å². The molecule has 3 aromatic rings. The third-order valence-corrected chi connectivity index (χ3v) is 5.31. The van der Waals surface area contributed by atoms with E-state index in [0.29, 0.717) is 27.3 Å². The smallest absolute Gasteiger partial charge is 0.348 e. The third-order valence-electron chi connectivity index (χ3n) is 3.86. The highest BCUT2D eigenvalue weighted by atomic mass is 35.5. The molecule has 0 radical (unpaired) electrons. The van der Waals surface area contributed by atoms with Crippen LogP contribution in [0.3, 0.4) is 0 Å². The topological polar surface area (TPSA) is 81.3 Å². The zero-order valence-corrected chi connectivity index (χ0v) is 16.5. The average molecular weight is 405 g/mol. The number of aromatic amines is 1. The summed E-state index contributed by atoms with van der Waals surface area (Å²) in [5, 5.41) is 0.639. The molecule has 2 aromatic heterocycles. The first-order valence-corrected chi connectivity index (χ1v) is 9.36. The van der Waals surface area contributed by atoms with Crippen LogP contribution < -0.4 is 10.3 Å². The number of ether oxygens (including phenoxy) is 2. The molecule has 0 aliphatic carbocycles. The van der Waals surface area contributed by atoms with Crippen molar-refractivity contribution in [2.24, 2.45) is 0 Å². The molecule has 1 N–H and O–H groups in total. The summed E-state index contributed by atoms with van der Waals surface area (Å²) in [5.74, 6) is 0.462. The fourth-order valence-electron chi connectivity index (χ4n) is 2.62. The van der Waals surface area contributed by atoms with Crippen LogP contribution in [0.15, 0.2) is 29.1 Å². The Morgan fingerprint density at radius 1 is 1.41 bits per heavy atom. The van der Waals surface area contributed by atoms with Crippen molar-refractivity contribution in [1.29, 1.82) is 0 Å². The SMILES string of the molecule is CCOc1cccc(/C=C(\Cl)c2nc3sc(C(=O)OC)c(C)c3c(=O)[nH]2)c1. The minimum Gasteiger partial charge on any atom is -0.494 e. The fourth-order valence-corrected chi connectivity index (χ4v) is 3.94. The first-order chi connectivity index (χ1) is 12.9. The number of hydrogen-bond acceptors (Lipinski definition) is 6. The zero-order chi connectivity index (χ0) is 19.6. The van der Waals surface area contributed by atoms with Gasteiger partial charge in [-0.25, -0.2) is 9.78 Å². The highest BCUT2D eigenvalue weighted by Gasteiger charge is 2.20. The molecule has 6 nitrogen and oxygen atoms in total. The maximum absolute atomic E-state index is 12.5. The van der Waals surface area contributed by atoms with Crippen molar-refractivity contribution in [3.05, 3.63) is 56.4 Å². The number of thiophene rings is 1. The van der Waals surface area contributed by atoms with Crippen molar-refractivity contribution in [2.45, 2.75) is 13.8 Å². The van der Waals surface area contributed by atoms with Gasteiger partial charge < -0.3 is 14.5 Å². The number of esters is 1. The van der Waals surface area contributed by atoms with Gasteiger partial charge >= 0.3 is 5.97 Å². The predicted octanol–water partition coefficient (Wildman–Crippen LogP) is 4.22. The summed E-state index contributed by atoms with van der Waals surface area (Å²) in [4.78, 5) is 32.2. The second-order valence-corrected chi connectivity index (χ2v) is 7.05. The molecule has 2 heterocycles. The summed E-state index contributed by atoms with van der Waals surface area (Å²) in [5.41, 5.74) is 1.01. The van der Waals surface area contributed by atoms with E-state index in [1.165, 1.54) is 7.11 Å². The van der Waals surface area contributed by atoms with Crippen LogP contribution in [-0.2, 0) is 4.74 Å². The van der Waals surface area contributed by atoms with E-state index < -0.39 is 5.97 Å². The van der Waals surface area contributed by atoms with Gasteiger partial charge in [0.1, 0.15) is 15.5 Å². The molecule has 8 heteroatoms. The summed E-state index contributed by atoms with van der Waals surface area (Å²) in [6.07, 6.45) is 1.69. The van der Waals surface area contributed by atoms with Crippen LogP contribution in [0.2, 0.25) is 0 Å². The van der Waals surface area contributed by atoms with Crippen LogP contribution in [0.4, 0.5) is 0 Å². The molecule has 0 aliphatic heterocycles. The summed E-state index contributed by atoms with van der Waals surface area (Å²) >= 11 is 7.49. The maximum Gasteiger partial charge on any atom is 0.348 e. The Balaban J connectivity index is 2.05. The van der Waals surface area contributed by atoms with E-state index in [2.05, 4.69) is 9.97 Å². The lowest BCUT2D eigenvalue weighted by Gasteiger charge is -2.04. The molecule has 3 rings (SSSR count). The van der Waals surface area contributed by atoms with Crippen LogP contribution in [0.25, 0.3) is 21.3 Å². The van der Waals surface area contributed by atoms with E-state index in [1.54, 1.807) is 13.0 Å². The Hall–Kier alpha value is -2.64. The second-order valence-electron chi connectivity index (χ2n) is 5.64. The number of aromatic nitrogens is 2. The van der Waals surface area contributed by atoms with E-state index in [1.807, 2.05) is 31.2 Å². The summed E-state index contributed by atoms with van der Waals surface area (Å²) in [6.45, 7) is 4.16. The minimum atomic E-state index is -0.495. The van der Waals surface area contributed by atoms with E-state index in [4.69, 9.17) is 21.1 Å². The first-order valence-electron chi connectivity index (χ1n) is 8.16. The number of H-pyrrole nitrogens is 1. The Kier molecular flexibility index (Phi) is 5.62. The number of hydrogen-bond donors (Lipinski definition) is 1. The predicted molar refractivity (Wildman–Crippen MR) is 108 cm³/mol. The molecule has 27 heavy (non-hydrogen) atoms. The van der Waals surface area contributed by atoms with Crippen LogP contribution in [0.5, 0.6) is 5.75 Å². The van der Waals surface area contributed by atoms with Gasteiger partial charge in [-0.15, -0.1) is 11.3 Å². The Morgan fingerprint density at radius 3 is 2.89 bits per heavy atom. The summed E-state index contributed by atoms with van der Waals surface area (Å²) < 4.78 is 10.2. The number of carbonyl (C=O) groups is 1. The van der Waals surface area contributed by atoms with Gasteiger partial charge in [-0.2, -0.15) is 0 Å². The van der Waals surface area contributed by atoms with Crippen molar-refractivity contribution in [1.82, 2.24) is 9.97 Å². The second kappa shape index (κ2) is 7.94. The molecule has 0 atom stereocenters. The van der Waals surface area contributed by atoms with Gasteiger partial charge in [0.25, 0.3) is 5.56 Å². The maximum atomic E-state index is 12.5. The molecule has 0 saturated heterocycles. The molecule has 0 bridgehead atoms. The molecule has 0 unspecified atom stereocenters. The molecule has 0 aliphatic rings. The van der Waals surface area contributed by atoms with Crippen molar-refractivity contribution < 1.29 is 14.3 Å². The Labute approximate surface area is 164 Å². The van der Waals surface area contributed by atoms with Gasteiger partial charge in [0.05, 0.1) is 24.1 Å². The minimum absolute atomic E-state index is 0.230. The molecule has 140 valence electrons. The highest BCUT2D eigenvalue weighted by Crippen LogP contribution is 2.29. The quantitative estimate of drug-likeness (QED) is 0.644. The van der Waals surface area contributed by atoms with Gasteiger partial charge in [-0.3, -0.25) is 4.79 Å². The first kappa shape index (κ1) is 19.1. The van der Waals surface area contributed by atoms with Gasteiger partial charge in [0.2, 0.25) is 0 Å². The lowest BCUT2D eigenvalue weighted by atomic mass is 10.2. The molecule has 0 spiro atoms. The lowest BCUT2D eigenvalue weighted by molar-refractivity contribution is 0.0605. The lowest BCUT2D eigenvalue weighted by Crippen LogP contribution is -2.10. The van der Waals surface area contributed by atoms with E-state index >= 15 is 0 Å². The number of fused-ring (bicyclic) bond motifs is 1. The van der Waals surface area contributed by atoms with Crippen LogP contribution >= 0.6 is 22.9 Å². The number of carbonyl (C=O) groups excluding carboxylic acids is 1. The zero-order valence-electron chi connectivity index (χ0n) is 15.0. The van der Waals surface area contributed by atoms with Crippen LogP contribution in [0, 0.1) is 6.92 Å². The monoisotopic (exact) mass is 404 g/mol. The molecule has 0 saturated carbocycles. The molecule has 0 fully saturated rings. The van der Waals surface area contributed by atoms with Gasteiger partial charge in [0, 0.05) is 0 Å². The number of nitrogens with zero attached hydrogens (tertiary/aromatic N) is 1. The van der Waals surface area contributed by atoms with Crippen molar-refractivity contribution in [2.75, 3.05) is 13.7 Å². The van der Waals surface area contributed by atoms with Crippen molar-refractivity contribution in [3.8, 4) is 5.75 Å². The Morgan fingerprint density at radius 2 is 2.19 bits per heavy atom. The Bertz CT molecular complexity index is 1100. The van der Waals surface area contributed by atoms with E-state index in [9.17, 15) is 9.59 Å². The van der Waals surface area contributed by atoms with Crippen LogP contribution in [0.1, 0.15) is 33.5 Å². The fraction of sp³-hybridized carbons (Fsp3) is 0.211. The van der Waals surface area contributed by atoms with Gasteiger partial charge in [-0.05, 0) is 43.2 Å². The highest BCUT2D eigenvalue weighted by molar-refractivity contribution is 7.20. The number of aryl methyl sites for hydroxylation is 1. The molecular formula is C19H17ClN2O4S. The van der Waals surface area contributed by atoms with E-state index in [0.717, 1.165) is 22.6 Å². The largest absolute Gasteiger partial charge is 0.494 e. The number of nitrogens with one attached hydrogen (secondary N) is 1. The number of halogens is 1. The number of benzene rings is 1. The van der Waals surface area contributed by atoms with Crippen molar-refractivity contribution >= 4 is 50.2 Å². The summed E-state index contributed by atoms with van der Waals surface area (Å²) in [6, 6.07) is 7.41. The average Bonchev–Trinajstić information content (AvgIpc) is 2.98. The van der Waals surface area contributed by atoms with Crippen molar-refractivity contribution in [3.63, 3.8) is 0 Å².